The third-order valence-corrected chi connectivity index (χ3v) is 7.80. The predicted octanol–water partition coefficient (Wildman–Crippen LogP) is 13.5. The molecule has 0 spiro atoms. The highest BCUT2D eigenvalue weighted by atomic mass is 16.6. The van der Waals surface area contributed by atoms with E-state index in [2.05, 4.69) is 63.3 Å². The number of allylic oxidation sites excluding steroid dienone is 26. The van der Waals surface area contributed by atoms with E-state index >= 15 is 0 Å². The molecule has 0 fully saturated rings. The smallest absolute Gasteiger partial charge is 0.306 e. The van der Waals surface area contributed by atoms with Crippen LogP contribution in [0.4, 0.5) is 0 Å². The second-order valence-electron chi connectivity index (χ2n) is 13.0. The Labute approximate surface area is 346 Å². The van der Waals surface area contributed by atoms with Crippen molar-refractivity contribution in [3.05, 3.63) is 158 Å². The maximum absolute atomic E-state index is 12.7. The minimum absolute atomic E-state index is 0.147. The van der Waals surface area contributed by atoms with Gasteiger partial charge in [-0.1, -0.05) is 185 Å². The second-order valence-corrected chi connectivity index (χ2v) is 13.0. The summed E-state index contributed by atoms with van der Waals surface area (Å²) >= 11 is 0. The molecule has 0 saturated heterocycles. The minimum Gasteiger partial charge on any atom is -0.462 e. The lowest BCUT2D eigenvalue weighted by atomic mass is 10.1. The summed E-state index contributed by atoms with van der Waals surface area (Å²) in [6.45, 7) is 6.03. The van der Waals surface area contributed by atoms with Crippen molar-refractivity contribution in [2.24, 2.45) is 0 Å². The molecule has 57 heavy (non-hydrogen) atoms. The van der Waals surface area contributed by atoms with Gasteiger partial charge in [0.1, 0.15) is 13.2 Å². The Bertz CT molecular complexity index is 1410. The Kier molecular flexibility index (Phi) is 39.9. The number of rotatable bonds is 34. The van der Waals surface area contributed by atoms with E-state index in [1.165, 1.54) is 0 Å². The number of unbranched alkanes of at least 4 members (excludes halogenated alkanes) is 6. The average molecular weight is 781 g/mol. The van der Waals surface area contributed by atoms with Gasteiger partial charge in [0.15, 0.2) is 6.10 Å². The van der Waals surface area contributed by atoms with E-state index in [1.54, 1.807) is 0 Å². The summed E-state index contributed by atoms with van der Waals surface area (Å²) in [6, 6.07) is 0. The fourth-order valence-electron chi connectivity index (χ4n) is 4.71. The lowest BCUT2D eigenvalue weighted by molar-refractivity contribution is -0.167. The van der Waals surface area contributed by atoms with Gasteiger partial charge in [-0.05, 0) is 77.0 Å². The van der Waals surface area contributed by atoms with Gasteiger partial charge >= 0.3 is 17.9 Å². The van der Waals surface area contributed by atoms with Crippen LogP contribution >= 0.6 is 0 Å². The quantitative estimate of drug-likeness (QED) is 0.0213. The Morgan fingerprint density at radius 1 is 0.368 bits per heavy atom. The number of carbonyl (C=O) groups excluding carboxylic acids is 3. The van der Waals surface area contributed by atoms with E-state index in [9.17, 15) is 14.4 Å². The maximum atomic E-state index is 12.7. The van der Waals surface area contributed by atoms with Crippen LogP contribution in [0.5, 0.6) is 0 Å². The molecular weight excluding hydrogens is 709 g/mol. The average Bonchev–Trinajstić information content (AvgIpc) is 3.21. The van der Waals surface area contributed by atoms with Crippen LogP contribution in [0.25, 0.3) is 0 Å². The largest absolute Gasteiger partial charge is 0.462 e. The zero-order chi connectivity index (χ0) is 41.5. The predicted molar refractivity (Wildman–Crippen MR) is 242 cm³/mol. The van der Waals surface area contributed by atoms with Crippen LogP contribution in [0.1, 0.15) is 124 Å². The first-order chi connectivity index (χ1) is 28.0. The molecule has 0 aromatic rings. The minimum atomic E-state index is -0.852. The molecule has 6 heteroatoms. The lowest BCUT2D eigenvalue weighted by Crippen LogP contribution is -2.30. The zero-order valence-corrected chi connectivity index (χ0v) is 35.3. The van der Waals surface area contributed by atoms with E-state index < -0.39 is 12.1 Å². The van der Waals surface area contributed by atoms with Crippen molar-refractivity contribution in [3.63, 3.8) is 0 Å². The van der Waals surface area contributed by atoms with Crippen molar-refractivity contribution in [2.75, 3.05) is 13.2 Å². The van der Waals surface area contributed by atoms with Crippen molar-refractivity contribution < 1.29 is 28.6 Å². The summed E-state index contributed by atoms with van der Waals surface area (Å²) in [7, 11) is 0. The molecule has 0 saturated carbocycles. The highest BCUT2D eigenvalue weighted by Crippen LogP contribution is 2.09. The molecule has 0 bridgehead atoms. The van der Waals surface area contributed by atoms with E-state index in [4.69, 9.17) is 14.2 Å². The van der Waals surface area contributed by atoms with Gasteiger partial charge in [-0.15, -0.1) is 0 Å². The normalized spacial score (nSPS) is 13.7. The summed E-state index contributed by atoms with van der Waals surface area (Å²) in [5, 5.41) is 0. The fraction of sp³-hybridized carbons (Fsp3) is 0.431. The van der Waals surface area contributed by atoms with Gasteiger partial charge in [0, 0.05) is 19.3 Å². The second kappa shape index (κ2) is 43.8. The first-order valence-electron chi connectivity index (χ1n) is 21.1. The van der Waals surface area contributed by atoms with Crippen LogP contribution < -0.4 is 0 Å². The van der Waals surface area contributed by atoms with Crippen molar-refractivity contribution in [1.29, 1.82) is 0 Å². The van der Waals surface area contributed by atoms with E-state index in [0.29, 0.717) is 25.7 Å². The maximum Gasteiger partial charge on any atom is 0.306 e. The van der Waals surface area contributed by atoms with Crippen LogP contribution in [0.3, 0.4) is 0 Å². The molecule has 0 aromatic carbocycles. The third-order valence-electron chi connectivity index (χ3n) is 7.80. The van der Waals surface area contributed by atoms with Crippen molar-refractivity contribution >= 4 is 17.9 Å². The molecule has 0 aliphatic heterocycles. The lowest BCUT2D eigenvalue weighted by Gasteiger charge is -2.18. The van der Waals surface area contributed by atoms with Crippen LogP contribution in [-0.4, -0.2) is 37.2 Å². The molecule has 0 aliphatic rings. The third kappa shape index (κ3) is 42.0. The summed E-state index contributed by atoms with van der Waals surface area (Å²) in [6.07, 6.45) is 63.8. The number of ether oxygens (including phenoxy) is 3. The number of hydrogen-bond donors (Lipinski definition) is 0. The molecule has 0 radical (unpaired) electrons. The van der Waals surface area contributed by atoms with Gasteiger partial charge < -0.3 is 14.2 Å². The van der Waals surface area contributed by atoms with Gasteiger partial charge in [-0.3, -0.25) is 14.4 Å². The molecule has 1 unspecified atom stereocenters. The molecule has 1 atom stereocenters. The van der Waals surface area contributed by atoms with E-state index in [1.807, 2.05) is 115 Å². The summed E-state index contributed by atoms with van der Waals surface area (Å²) in [5.41, 5.74) is 0. The van der Waals surface area contributed by atoms with Gasteiger partial charge in [0.2, 0.25) is 0 Å². The first-order valence-corrected chi connectivity index (χ1v) is 21.1. The molecule has 0 heterocycles. The topological polar surface area (TPSA) is 78.9 Å². The summed E-state index contributed by atoms with van der Waals surface area (Å²) in [5.74, 6) is -1.13. The standard InChI is InChI=1S/C51H72O6/c1-4-7-10-13-16-19-21-23-24-25-26-28-29-32-35-38-41-44-50(53)56-47-48(46-55-49(52)43-40-37-34-31-18-15-12-9-6-3)57-51(54)45-42-39-36-33-30-27-22-20-17-14-11-8-5-2/h7-14,16-31,33,36,48H,4-6,15,32,34-35,37-47H2,1-3H3/b10-7-,11-8-,12-9-,16-13-,17-14-,21-19-,22-20-,24-23-,26-25+,29-28-,30-27-,31-18-,36-33-. The van der Waals surface area contributed by atoms with Gasteiger partial charge in [-0.2, -0.15) is 0 Å². The number of hydrogen-bond acceptors (Lipinski definition) is 6. The van der Waals surface area contributed by atoms with Crippen LogP contribution in [-0.2, 0) is 28.6 Å². The van der Waals surface area contributed by atoms with Crippen molar-refractivity contribution in [2.45, 2.75) is 130 Å². The number of carbonyl (C=O) groups is 3. The Morgan fingerprint density at radius 3 is 1.23 bits per heavy atom. The molecule has 0 N–H and O–H groups in total. The zero-order valence-electron chi connectivity index (χ0n) is 35.3. The molecule has 0 aromatic heterocycles. The van der Waals surface area contributed by atoms with Crippen LogP contribution in [0, 0.1) is 0 Å². The Morgan fingerprint density at radius 2 is 0.737 bits per heavy atom. The SMILES string of the molecule is CC\C=C/C=C\C=C/C=C\C=C/CCCC(=O)OC(COC(=O)CCCC/C=C\C/C=C\CC)COC(=O)CCCCC\C=C/C=C/C=C\C=C/C=C\C=C/CC. The molecule has 0 amide bonds. The van der Waals surface area contributed by atoms with E-state index in [0.717, 1.165) is 57.8 Å². The Balaban J connectivity index is 4.66. The molecular formula is C51H72O6. The molecule has 6 nitrogen and oxygen atoms in total. The van der Waals surface area contributed by atoms with Crippen LogP contribution in [0.2, 0.25) is 0 Å². The van der Waals surface area contributed by atoms with Crippen molar-refractivity contribution in [1.82, 2.24) is 0 Å². The first kappa shape index (κ1) is 52.0. The number of esters is 3. The fourth-order valence-corrected chi connectivity index (χ4v) is 4.71. The van der Waals surface area contributed by atoms with Gasteiger partial charge in [-0.25, -0.2) is 0 Å². The van der Waals surface area contributed by atoms with Crippen molar-refractivity contribution in [3.8, 4) is 0 Å². The summed E-state index contributed by atoms with van der Waals surface area (Å²) in [4.78, 5) is 37.6. The molecule has 0 aliphatic carbocycles. The molecule has 312 valence electrons. The summed E-state index contributed by atoms with van der Waals surface area (Å²) < 4.78 is 16.5. The monoisotopic (exact) mass is 781 g/mol. The van der Waals surface area contributed by atoms with Crippen LogP contribution in [0.15, 0.2) is 158 Å². The van der Waals surface area contributed by atoms with E-state index in [-0.39, 0.29) is 44.4 Å². The van der Waals surface area contributed by atoms with Gasteiger partial charge in [0.25, 0.3) is 0 Å². The highest BCUT2D eigenvalue weighted by Gasteiger charge is 2.19. The Hall–Kier alpha value is -4.97. The highest BCUT2D eigenvalue weighted by molar-refractivity contribution is 5.71. The molecule has 0 rings (SSSR count). The van der Waals surface area contributed by atoms with Gasteiger partial charge in [0.05, 0.1) is 0 Å².